The number of likely N-dealkylation sites (N-methyl/N-ethyl adjacent to an activating group) is 1. The van der Waals surface area contributed by atoms with Crippen molar-refractivity contribution in [3.8, 4) is 23.0 Å². The van der Waals surface area contributed by atoms with Crippen molar-refractivity contribution >= 4 is 12.0 Å². The number of amides is 2. The lowest BCUT2D eigenvalue weighted by molar-refractivity contribution is -0.156. The molecule has 4 atom stereocenters. The van der Waals surface area contributed by atoms with E-state index in [1.807, 2.05) is 37.9 Å². The Morgan fingerprint density at radius 2 is 1.55 bits per heavy atom. The van der Waals surface area contributed by atoms with Crippen LogP contribution in [0.3, 0.4) is 0 Å². The van der Waals surface area contributed by atoms with Gasteiger partial charge in [-0.2, -0.15) is 0 Å². The fourth-order valence-electron chi connectivity index (χ4n) is 6.90. The summed E-state index contributed by atoms with van der Waals surface area (Å²) in [6.45, 7) is 9.12. The number of piperazine rings is 1. The maximum atomic E-state index is 14.3. The molecule has 0 aliphatic carbocycles. The highest BCUT2D eigenvalue weighted by Gasteiger charge is 2.55. The Balaban J connectivity index is 1.66. The molecule has 3 aliphatic heterocycles. The third-order valence-corrected chi connectivity index (χ3v) is 8.38. The zero-order valence-electron chi connectivity index (χ0n) is 24.4. The van der Waals surface area contributed by atoms with Crippen LogP contribution in [0.4, 0.5) is 4.79 Å². The number of methoxy groups -OCH3 is 2. The topological polar surface area (TPSA) is 121 Å². The molecular weight excluding hydrogens is 514 g/mol. The van der Waals surface area contributed by atoms with Gasteiger partial charge in [-0.05, 0) is 76.8 Å². The number of phenolic OH excluding ortho intramolecular Hbond substituents is 2. The van der Waals surface area contributed by atoms with Gasteiger partial charge in [0.25, 0.3) is 0 Å². The summed E-state index contributed by atoms with van der Waals surface area (Å²) < 4.78 is 16.5. The highest BCUT2D eigenvalue weighted by atomic mass is 16.6. The number of carbonyl (C=O) groups is 2. The second-order valence-electron chi connectivity index (χ2n) is 12.0. The predicted molar refractivity (Wildman–Crippen MR) is 148 cm³/mol. The number of ether oxygens (including phenoxy) is 3. The molecule has 216 valence electrons. The molecule has 0 spiro atoms. The van der Waals surface area contributed by atoms with Gasteiger partial charge in [0.1, 0.15) is 5.60 Å². The minimum Gasteiger partial charge on any atom is -0.504 e. The van der Waals surface area contributed by atoms with Crippen LogP contribution in [0.2, 0.25) is 0 Å². The molecule has 3 heterocycles. The van der Waals surface area contributed by atoms with E-state index in [4.69, 9.17) is 14.2 Å². The average molecular weight is 554 g/mol. The predicted octanol–water partition coefficient (Wildman–Crippen LogP) is 3.66. The van der Waals surface area contributed by atoms with Crippen molar-refractivity contribution in [2.45, 2.75) is 77.2 Å². The van der Waals surface area contributed by atoms with Gasteiger partial charge >= 0.3 is 6.09 Å². The van der Waals surface area contributed by atoms with E-state index in [9.17, 15) is 19.8 Å². The molecule has 2 aromatic carbocycles. The summed E-state index contributed by atoms with van der Waals surface area (Å²) in [5, 5.41) is 25.6. The Morgan fingerprint density at radius 3 is 2.10 bits per heavy atom. The minimum absolute atomic E-state index is 0.0309. The van der Waals surface area contributed by atoms with Crippen LogP contribution in [0.15, 0.2) is 12.1 Å². The first-order valence-electron chi connectivity index (χ1n) is 13.6. The van der Waals surface area contributed by atoms with Crippen molar-refractivity contribution in [2.75, 3.05) is 27.8 Å². The normalized spacial score (nSPS) is 23.6. The van der Waals surface area contributed by atoms with Crippen molar-refractivity contribution < 1.29 is 34.0 Å². The Labute approximate surface area is 234 Å². The first kappa shape index (κ1) is 27.9. The Morgan fingerprint density at radius 1 is 1.00 bits per heavy atom. The quantitative estimate of drug-likeness (QED) is 0.525. The zero-order chi connectivity index (χ0) is 29.3. The third-order valence-electron chi connectivity index (χ3n) is 8.38. The molecule has 1 saturated heterocycles. The van der Waals surface area contributed by atoms with E-state index >= 15 is 0 Å². The molecule has 40 heavy (non-hydrogen) atoms. The van der Waals surface area contributed by atoms with Crippen molar-refractivity contribution in [1.82, 2.24) is 15.1 Å². The Bertz CT molecular complexity index is 1380. The molecule has 3 N–H and O–H groups in total. The minimum atomic E-state index is -0.696. The molecule has 0 unspecified atom stereocenters. The first-order chi connectivity index (χ1) is 18.8. The van der Waals surface area contributed by atoms with Crippen LogP contribution in [0.25, 0.3) is 0 Å². The molecule has 10 nitrogen and oxygen atoms in total. The van der Waals surface area contributed by atoms with Crippen LogP contribution < -0.4 is 14.8 Å². The van der Waals surface area contributed by atoms with Gasteiger partial charge in [0.2, 0.25) is 5.91 Å². The fraction of sp³-hybridized carbons (Fsp3) is 0.533. The van der Waals surface area contributed by atoms with Gasteiger partial charge in [0.15, 0.2) is 23.0 Å². The van der Waals surface area contributed by atoms with E-state index in [1.54, 1.807) is 25.7 Å². The highest BCUT2D eigenvalue weighted by Crippen LogP contribution is 2.54. The highest BCUT2D eigenvalue weighted by molar-refractivity contribution is 5.86. The van der Waals surface area contributed by atoms with Crippen LogP contribution in [0.5, 0.6) is 23.0 Å². The van der Waals surface area contributed by atoms with E-state index in [2.05, 4.69) is 5.32 Å². The Kier molecular flexibility index (Phi) is 6.81. The van der Waals surface area contributed by atoms with Crippen molar-refractivity contribution in [3.05, 3.63) is 45.5 Å². The van der Waals surface area contributed by atoms with Crippen LogP contribution in [0.1, 0.15) is 66.2 Å². The third kappa shape index (κ3) is 4.29. The molecule has 0 aromatic heterocycles. The number of hydrogen-bond donors (Lipinski definition) is 3. The number of alkyl carbamates (subject to hydrolysis) is 1. The first-order valence-corrected chi connectivity index (χ1v) is 13.6. The molecule has 0 radical (unpaired) electrons. The van der Waals surface area contributed by atoms with E-state index in [0.29, 0.717) is 29.9 Å². The average Bonchev–Trinajstić information content (AvgIpc) is 2.85. The monoisotopic (exact) mass is 553 g/mol. The number of fused-ring (bicyclic) bond motifs is 7. The maximum Gasteiger partial charge on any atom is 0.407 e. The molecule has 0 saturated carbocycles. The van der Waals surface area contributed by atoms with E-state index in [-0.39, 0.29) is 36.0 Å². The lowest BCUT2D eigenvalue weighted by Gasteiger charge is -2.57. The molecular formula is C30H39N3O7. The SMILES string of the molecule is COc1c(C)cc2c(c1O)[C@@H]1[C@@H]3Cc4cc(C)c(OC)c(O)c4[C@H](CNC(=O)OC(C)(C)C)N3C(=O)[C@H](C2)N1C. The van der Waals surface area contributed by atoms with E-state index in [1.165, 1.54) is 14.2 Å². The number of aryl methyl sites for hydroxylation is 2. The number of nitrogens with zero attached hydrogens (tertiary/aromatic N) is 2. The smallest absolute Gasteiger partial charge is 0.407 e. The lowest BCUT2D eigenvalue weighted by atomic mass is 9.74. The lowest BCUT2D eigenvalue weighted by Crippen LogP contribution is -2.67. The summed E-state index contributed by atoms with van der Waals surface area (Å²) in [4.78, 5) is 30.8. The number of carbonyl (C=O) groups excluding carboxylic acids is 2. The summed E-state index contributed by atoms with van der Waals surface area (Å²) in [5.74, 6) is 0.716. The van der Waals surface area contributed by atoms with Crippen LogP contribution in [-0.4, -0.2) is 77.5 Å². The van der Waals surface area contributed by atoms with Crippen LogP contribution in [-0.2, 0) is 22.4 Å². The van der Waals surface area contributed by atoms with Crippen LogP contribution in [0, 0.1) is 13.8 Å². The van der Waals surface area contributed by atoms with Crippen molar-refractivity contribution in [1.29, 1.82) is 0 Å². The zero-order valence-corrected chi connectivity index (χ0v) is 24.4. The molecule has 10 heteroatoms. The second kappa shape index (κ2) is 9.76. The molecule has 2 amide bonds. The maximum absolute atomic E-state index is 14.3. The summed E-state index contributed by atoms with van der Waals surface area (Å²) in [5.41, 5.74) is 3.98. The van der Waals surface area contributed by atoms with E-state index < -0.39 is 23.8 Å². The van der Waals surface area contributed by atoms with Gasteiger partial charge < -0.3 is 34.6 Å². The van der Waals surface area contributed by atoms with Gasteiger partial charge in [-0.1, -0.05) is 12.1 Å². The van der Waals surface area contributed by atoms with Crippen LogP contribution >= 0.6 is 0 Å². The number of rotatable bonds is 4. The summed E-state index contributed by atoms with van der Waals surface area (Å²) >= 11 is 0. The van der Waals surface area contributed by atoms with Gasteiger partial charge in [0.05, 0.1) is 38.4 Å². The number of phenols is 2. The molecule has 5 rings (SSSR count). The van der Waals surface area contributed by atoms with Gasteiger partial charge in [0, 0.05) is 17.7 Å². The summed E-state index contributed by atoms with van der Waals surface area (Å²) in [6.07, 6.45) is 0.254. The second-order valence-corrected chi connectivity index (χ2v) is 12.0. The fourth-order valence-corrected chi connectivity index (χ4v) is 6.90. The number of nitrogens with one attached hydrogen (secondary N) is 1. The van der Waals surface area contributed by atoms with Gasteiger partial charge in [-0.25, -0.2) is 4.79 Å². The molecule has 3 aliphatic rings. The standard InChI is InChI=1S/C30H39N3O7/c1-14-9-16-11-18-23-22-17(10-15(2)27(39-8)25(22)35)12-19(32(23)6)28(36)33(18)20(21(16)24(34)26(14)38-7)13-31-29(37)40-30(3,4)5/h9-10,18-20,23,34-35H,11-13H2,1-8H3,(H,31,37)/t18-,19-,20-,23-/m0/s1. The van der Waals surface area contributed by atoms with E-state index in [0.717, 1.165) is 27.8 Å². The number of hydrogen-bond acceptors (Lipinski definition) is 8. The summed E-state index contributed by atoms with van der Waals surface area (Å²) in [7, 11) is 4.95. The largest absolute Gasteiger partial charge is 0.504 e. The number of benzene rings is 2. The summed E-state index contributed by atoms with van der Waals surface area (Å²) in [6, 6.07) is 2.11. The molecule has 1 fully saturated rings. The van der Waals surface area contributed by atoms with Crippen molar-refractivity contribution in [2.24, 2.45) is 0 Å². The number of aromatic hydroxyl groups is 2. The van der Waals surface area contributed by atoms with Gasteiger partial charge in [-0.15, -0.1) is 0 Å². The molecule has 2 bridgehead atoms. The van der Waals surface area contributed by atoms with Crippen molar-refractivity contribution in [3.63, 3.8) is 0 Å². The van der Waals surface area contributed by atoms with Gasteiger partial charge in [-0.3, -0.25) is 9.69 Å². The molecule has 2 aromatic rings. The Hall–Kier alpha value is -3.66.